The first kappa shape index (κ1) is 20.8. The highest BCUT2D eigenvalue weighted by Gasteiger charge is 2.28. The number of fused-ring (bicyclic) bond motifs is 1. The molecule has 0 saturated carbocycles. The largest absolute Gasteiger partial charge is 0.507 e. The first-order valence-electron chi connectivity index (χ1n) is 10.4. The molecule has 2 aromatic carbocycles. The fourth-order valence-corrected chi connectivity index (χ4v) is 3.78. The summed E-state index contributed by atoms with van der Waals surface area (Å²) in [4.78, 5) is 23.1. The summed E-state index contributed by atoms with van der Waals surface area (Å²) in [5, 5.41) is 14.0. The molecule has 1 amide bonds. The highest BCUT2D eigenvalue weighted by Crippen LogP contribution is 2.34. The van der Waals surface area contributed by atoms with Gasteiger partial charge in [-0.15, -0.1) is 0 Å². The van der Waals surface area contributed by atoms with Crippen molar-refractivity contribution in [2.45, 2.75) is 32.7 Å². The van der Waals surface area contributed by atoms with Gasteiger partial charge in [-0.2, -0.15) is 0 Å². The van der Waals surface area contributed by atoms with E-state index in [1.165, 1.54) is 18.2 Å². The Kier molecular flexibility index (Phi) is 5.88. The Morgan fingerprint density at radius 1 is 1.35 bits per heavy atom. The summed E-state index contributed by atoms with van der Waals surface area (Å²) in [7, 11) is 0. The van der Waals surface area contributed by atoms with Crippen LogP contribution in [0, 0.1) is 12.7 Å². The number of carbonyl (C=O) groups excluding carboxylic acids is 1. The minimum atomic E-state index is -0.586. The van der Waals surface area contributed by atoms with Gasteiger partial charge in [0, 0.05) is 21.3 Å². The normalized spacial score (nSPS) is 16.0. The molecule has 1 aromatic heterocycles. The van der Waals surface area contributed by atoms with Crippen molar-refractivity contribution in [1.29, 1.82) is 0 Å². The van der Waals surface area contributed by atoms with E-state index in [4.69, 9.17) is 4.74 Å². The number of aryl methyl sites for hydroxylation is 1. The summed E-state index contributed by atoms with van der Waals surface area (Å²) in [6, 6.07) is 9.88. The van der Waals surface area contributed by atoms with Crippen LogP contribution in [0.4, 0.5) is 15.0 Å². The van der Waals surface area contributed by atoms with Crippen LogP contribution >= 0.6 is 0 Å². The average Bonchev–Trinajstić information content (AvgIpc) is 3.19. The SMILES string of the molecule is CCCOC(=O)N[C@@H]1CCN(c2nc(-c3c(O)cccc3F)nc3cc(C)ccc23)C1.[HH].[HH]. The number of hydrogen-bond acceptors (Lipinski definition) is 6. The molecule has 1 saturated heterocycles. The number of aromatic hydroxyl groups is 1. The standard InChI is InChI=1S/C23H25FN4O3.2H2/c1-3-11-31-23(30)25-15-9-10-28(13-15)22-16-8-7-14(2)12-18(16)26-21(27-22)20-17(24)5-4-6-19(20)29;;/h4-8,12,15,29H,3,9-11,13H2,1-2H3,(H,25,30);2*1H/t15-;;/m1../s1. The zero-order chi connectivity index (χ0) is 22.0. The van der Waals surface area contributed by atoms with Gasteiger partial charge in [-0.3, -0.25) is 0 Å². The number of rotatable bonds is 5. The minimum Gasteiger partial charge on any atom is -0.507 e. The van der Waals surface area contributed by atoms with Gasteiger partial charge < -0.3 is 20.1 Å². The number of alkyl carbamates (subject to hydrolysis) is 1. The van der Waals surface area contributed by atoms with Gasteiger partial charge in [0.25, 0.3) is 0 Å². The molecule has 2 N–H and O–H groups in total. The Balaban J connectivity index is 0.00000193. The van der Waals surface area contributed by atoms with Gasteiger partial charge in [-0.1, -0.05) is 19.1 Å². The van der Waals surface area contributed by atoms with Crippen molar-refractivity contribution in [2.75, 3.05) is 24.6 Å². The third-order valence-electron chi connectivity index (χ3n) is 5.29. The van der Waals surface area contributed by atoms with Crippen LogP contribution in [0.15, 0.2) is 36.4 Å². The summed E-state index contributed by atoms with van der Waals surface area (Å²) >= 11 is 0. The summed E-state index contributed by atoms with van der Waals surface area (Å²) in [5.41, 5.74) is 1.66. The van der Waals surface area contributed by atoms with E-state index in [-0.39, 0.29) is 26.0 Å². The van der Waals surface area contributed by atoms with Crippen LogP contribution in [-0.4, -0.2) is 46.9 Å². The van der Waals surface area contributed by atoms with Crippen LogP contribution in [0.3, 0.4) is 0 Å². The number of phenols is 1. The second-order valence-electron chi connectivity index (χ2n) is 7.74. The lowest BCUT2D eigenvalue weighted by molar-refractivity contribution is 0.143. The molecule has 1 fully saturated rings. The Morgan fingerprint density at radius 3 is 2.97 bits per heavy atom. The number of hydrogen-bond donors (Lipinski definition) is 2. The van der Waals surface area contributed by atoms with Crippen LogP contribution in [0.1, 0.15) is 28.2 Å². The average molecular weight is 429 g/mol. The first-order chi connectivity index (χ1) is 15.0. The number of nitrogens with one attached hydrogen (secondary N) is 1. The van der Waals surface area contributed by atoms with E-state index in [9.17, 15) is 14.3 Å². The fourth-order valence-electron chi connectivity index (χ4n) is 3.78. The third kappa shape index (κ3) is 4.38. The lowest BCUT2D eigenvalue weighted by atomic mass is 10.1. The number of amides is 1. The second-order valence-corrected chi connectivity index (χ2v) is 7.74. The maximum atomic E-state index is 14.5. The highest BCUT2D eigenvalue weighted by atomic mass is 19.1. The van der Waals surface area contributed by atoms with E-state index < -0.39 is 11.9 Å². The highest BCUT2D eigenvalue weighted by molar-refractivity contribution is 5.92. The second kappa shape index (κ2) is 8.75. The molecule has 2 heterocycles. The van der Waals surface area contributed by atoms with Gasteiger partial charge in [0.2, 0.25) is 0 Å². The van der Waals surface area contributed by atoms with Crippen LogP contribution < -0.4 is 10.2 Å². The zero-order valence-corrected chi connectivity index (χ0v) is 17.6. The summed E-state index contributed by atoms with van der Waals surface area (Å²) in [6.07, 6.45) is 1.08. The molecule has 0 spiro atoms. The number of nitrogens with zero attached hydrogens (tertiary/aromatic N) is 3. The molecule has 0 bridgehead atoms. The molecule has 4 rings (SSSR count). The maximum Gasteiger partial charge on any atom is 0.407 e. The number of benzene rings is 2. The molecule has 1 aliphatic heterocycles. The number of ether oxygens (including phenoxy) is 1. The molecule has 3 aromatic rings. The lowest BCUT2D eigenvalue weighted by Crippen LogP contribution is -2.37. The van der Waals surface area contributed by atoms with Crippen LogP contribution in [0.2, 0.25) is 0 Å². The maximum absolute atomic E-state index is 14.5. The first-order valence-corrected chi connectivity index (χ1v) is 10.4. The summed E-state index contributed by atoms with van der Waals surface area (Å²) in [5.74, 6) is -0.0217. The van der Waals surface area contributed by atoms with Crippen molar-refractivity contribution < 1.29 is 21.9 Å². The Bertz CT molecular complexity index is 1110. The van der Waals surface area contributed by atoms with E-state index in [1.54, 1.807) is 0 Å². The van der Waals surface area contributed by atoms with Gasteiger partial charge in [0.05, 0.1) is 23.7 Å². The molecular formula is C23H29FN4O3. The fraction of sp³-hybridized carbons (Fsp3) is 0.348. The monoisotopic (exact) mass is 428 g/mol. The third-order valence-corrected chi connectivity index (χ3v) is 5.29. The van der Waals surface area contributed by atoms with E-state index >= 15 is 0 Å². The van der Waals surface area contributed by atoms with Gasteiger partial charge in [-0.05, 0) is 49.6 Å². The van der Waals surface area contributed by atoms with Crippen LogP contribution in [0.5, 0.6) is 5.75 Å². The number of aromatic nitrogens is 2. The van der Waals surface area contributed by atoms with E-state index in [0.29, 0.717) is 31.0 Å². The number of anilines is 1. The van der Waals surface area contributed by atoms with Crippen molar-refractivity contribution in [2.24, 2.45) is 0 Å². The molecule has 0 radical (unpaired) electrons. The van der Waals surface area contributed by atoms with Crippen molar-refractivity contribution >= 4 is 22.8 Å². The van der Waals surface area contributed by atoms with Gasteiger partial charge in [0.1, 0.15) is 17.4 Å². The number of phenolic OH excluding ortho intramolecular Hbond substituents is 1. The Labute approximate surface area is 182 Å². The molecule has 166 valence electrons. The van der Waals surface area contributed by atoms with Gasteiger partial charge >= 0.3 is 6.09 Å². The molecule has 1 aliphatic rings. The van der Waals surface area contributed by atoms with Crippen molar-refractivity contribution in [3.05, 3.63) is 47.8 Å². The summed E-state index contributed by atoms with van der Waals surface area (Å²) in [6.45, 7) is 5.50. The van der Waals surface area contributed by atoms with E-state index in [1.807, 2.05) is 36.9 Å². The van der Waals surface area contributed by atoms with E-state index in [2.05, 4.69) is 15.3 Å². The minimum absolute atomic E-state index is 0. The molecule has 1 atom stereocenters. The van der Waals surface area contributed by atoms with Gasteiger partial charge in [0.15, 0.2) is 5.82 Å². The van der Waals surface area contributed by atoms with Crippen LogP contribution in [0.25, 0.3) is 22.3 Å². The number of halogens is 1. The molecule has 31 heavy (non-hydrogen) atoms. The van der Waals surface area contributed by atoms with Crippen LogP contribution in [-0.2, 0) is 4.74 Å². The topological polar surface area (TPSA) is 87.6 Å². The van der Waals surface area contributed by atoms with Crippen molar-refractivity contribution in [3.63, 3.8) is 0 Å². The molecule has 0 unspecified atom stereocenters. The molecule has 8 heteroatoms. The molecular weight excluding hydrogens is 399 g/mol. The van der Waals surface area contributed by atoms with E-state index in [0.717, 1.165) is 23.8 Å². The molecule has 0 aliphatic carbocycles. The molecule has 7 nitrogen and oxygen atoms in total. The predicted octanol–water partition coefficient (Wildman–Crippen LogP) is 4.66. The van der Waals surface area contributed by atoms with Gasteiger partial charge in [-0.25, -0.2) is 19.2 Å². The zero-order valence-electron chi connectivity index (χ0n) is 17.6. The van der Waals surface area contributed by atoms with Crippen molar-refractivity contribution in [1.82, 2.24) is 15.3 Å². The number of carbonyl (C=O) groups is 1. The smallest absolute Gasteiger partial charge is 0.407 e. The Hall–Kier alpha value is -3.42. The lowest BCUT2D eigenvalue weighted by Gasteiger charge is -2.21. The predicted molar refractivity (Wildman–Crippen MR) is 121 cm³/mol. The van der Waals surface area contributed by atoms with Crippen molar-refractivity contribution in [3.8, 4) is 17.1 Å². The Morgan fingerprint density at radius 2 is 2.19 bits per heavy atom. The summed E-state index contributed by atoms with van der Waals surface area (Å²) < 4.78 is 19.6. The quantitative estimate of drug-likeness (QED) is 0.615.